The van der Waals surface area contributed by atoms with Crippen LogP contribution >= 0.6 is 0 Å². The van der Waals surface area contributed by atoms with E-state index in [-0.39, 0.29) is 5.69 Å². The minimum absolute atomic E-state index is 0.0394. The molecule has 0 aliphatic carbocycles. The van der Waals surface area contributed by atoms with Crippen molar-refractivity contribution in [3.63, 3.8) is 0 Å². The van der Waals surface area contributed by atoms with E-state index in [1.165, 1.54) is 23.9 Å². The third-order valence-corrected chi connectivity index (χ3v) is 6.03. The van der Waals surface area contributed by atoms with Crippen LogP contribution in [0.3, 0.4) is 0 Å². The molecule has 0 spiro atoms. The average molecular weight is 436 g/mol. The molecule has 10 heteroatoms. The van der Waals surface area contributed by atoms with Crippen LogP contribution in [0.5, 0.6) is 0 Å². The van der Waals surface area contributed by atoms with Gasteiger partial charge in [0.15, 0.2) is 6.10 Å². The van der Waals surface area contributed by atoms with Gasteiger partial charge in [0.1, 0.15) is 5.76 Å². The maximum Gasteiger partial charge on any atom is 0.331 e. The maximum atomic E-state index is 13.3. The molecule has 3 aromatic heterocycles. The van der Waals surface area contributed by atoms with E-state index >= 15 is 0 Å². The van der Waals surface area contributed by atoms with Gasteiger partial charge < -0.3 is 13.7 Å². The number of aromatic nitrogens is 3. The van der Waals surface area contributed by atoms with E-state index in [4.69, 9.17) is 9.15 Å². The zero-order chi connectivity index (χ0) is 22.7. The fourth-order valence-electron chi connectivity index (χ4n) is 4.49. The number of ether oxygens (including phenoxy) is 1. The molecule has 0 bridgehead atoms. The number of nitro benzene ring substituents is 1. The van der Waals surface area contributed by atoms with Gasteiger partial charge in [0, 0.05) is 37.8 Å². The Labute approximate surface area is 181 Å². The number of furan rings is 1. The van der Waals surface area contributed by atoms with Crippen LogP contribution in [0.15, 0.2) is 50.6 Å². The quantitative estimate of drug-likeness (QED) is 0.360. The Morgan fingerprint density at radius 2 is 1.94 bits per heavy atom. The predicted octanol–water partition coefficient (Wildman–Crippen LogP) is 2.63. The molecule has 4 aromatic rings. The Morgan fingerprint density at radius 1 is 1.16 bits per heavy atom. The van der Waals surface area contributed by atoms with E-state index in [1.54, 1.807) is 38.2 Å². The van der Waals surface area contributed by atoms with E-state index in [2.05, 4.69) is 0 Å². The van der Waals surface area contributed by atoms with E-state index < -0.39 is 22.3 Å². The molecule has 0 saturated heterocycles. The summed E-state index contributed by atoms with van der Waals surface area (Å²) in [6.45, 7) is 2.42. The predicted molar refractivity (Wildman–Crippen MR) is 116 cm³/mol. The molecule has 0 saturated carbocycles. The van der Waals surface area contributed by atoms with E-state index in [0.29, 0.717) is 52.3 Å². The maximum absolute atomic E-state index is 13.3. The second-order valence-electron chi connectivity index (χ2n) is 7.84. The molecule has 0 radical (unpaired) electrons. The van der Waals surface area contributed by atoms with Crippen LogP contribution in [0.25, 0.3) is 22.2 Å². The fourth-order valence-corrected chi connectivity index (χ4v) is 4.49. The molecule has 0 unspecified atom stereocenters. The number of nitro groups is 1. The van der Waals surface area contributed by atoms with Crippen molar-refractivity contribution in [2.75, 3.05) is 6.61 Å². The van der Waals surface area contributed by atoms with Crippen molar-refractivity contribution in [3.05, 3.63) is 84.6 Å². The largest absolute Gasteiger partial charge is 0.466 e. The van der Waals surface area contributed by atoms with Crippen molar-refractivity contribution in [3.8, 4) is 11.3 Å². The van der Waals surface area contributed by atoms with Crippen molar-refractivity contribution in [2.45, 2.75) is 19.6 Å². The third kappa shape index (κ3) is 2.69. The van der Waals surface area contributed by atoms with Crippen molar-refractivity contribution >= 4 is 16.6 Å². The molecule has 10 nitrogen and oxygen atoms in total. The van der Waals surface area contributed by atoms with Gasteiger partial charge in [-0.2, -0.15) is 0 Å². The van der Waals surface area contributed by atoms with Crippen LogP contribution in [0.4, 0.5) is 5.69 Å². The minimum Gasteiger partial charge on any atom is -0.466 e. The third-order valence-electron chi connectivity index (χ3n) is 6.03. The number of rotatable bonds is 3. The molecule has 1 aliphatic rings. The smallest absolute Gasteiger partial charge is 0.331 e. The Hall–Kier alpha value is -3.92. The molecule has 1 atom stereocenters. The van der Waals surface area contributed by atoms with Crippen LogP contribution in [0.2, 0.25) is 0 Å². The van der Waals surface area contributed by atoms with Crippen molar-refractivity contribution in [2.24, 2.45) is 14.1 Å². The topological polar surface area (TPSA) is 114 Å². The van der Waals surface area contributed by atoms with Crippen LogP contribution in [-0.2, 0) is 25.4 Å². The van der Waals surface area contributed by atoms with Crippen LogP contribution in [0.1, 0.15) is 23.1 Å². The van der Waals surface area contributed by atoms with Gasteiger partial charge in [0.25, 0.3) is 11.2 Å². The van der Waals surface area contributed by atoms with Gasteiger partial charge in [-0.25, -0.2) is 4.79 Å². The highest BCUT2D eigenvalue weighted by molar-refractivity contribution is 5.96. The van der Waals surface area contributed by atoms with Gasteiger partial charge in [-0.15, -0.1) is 0 Å². The van der Waals surface area contributed by atoms with Crippen molar-refractivity contribution in [1.29, 1.82) is 0 Å². The normalized spacial score (nSPS) is 15.8. The molecular formula is C22H20N4O6. The molecule has 1 aromatic carbocycles. The second kappa shape index (κ2) is 7.06. The Kier molecular flexibility index (Phi) is 4.41. The highest BCUT2D eigenvalue weighted by Crippen LogP contribution is 2.41. The van der Waals surface area contributed by atoms with Gasteiger partial charge in [-0.05, 0) is 19.1 Å². The van der Waals surface area contributed by atoms with Gasteiger partial charge >= 0.3 is 5.69 Å². The number of nitrogens with zero attached hydrogens (tertiary/aromatic N) is 4. The van der Waals surface area contributed by atoms with Crippen molar-refractivity contribution in [1.82, 2.24) is 13.7 Å². The molecule has 4 heterocycles. The molecule has 32 heavy (non-hydrogen) atoms. The molecule has 5 rings (SSSR count). The summed E-state index contributed by atoms with van der Waals surface area (Å²) in [6.07, 6.45) is 0.901. The first-order valence-corrected chi connectivity index (χ1v) is 10.0. The van der Waals surface area contributed by atoms with E-state index in [0.717, 1.165) is 4.57 Å². The summed E-state index contributed by atoms with van der Waals surface area (Å²) in [5.41, 5.74) is 1.62. The molecule has 164 valence electrons. The molecular weight excluding hydrogens is 416 g/mol. The summed E-state index contributed by atoms with van der Waals surface area (Å²) in [7, 11) is 3.02. The van der Waals surface area contributed by atoms with Gasteiger partial charge in [0.2, 0.25) is 0 Å². The number of hydrogen-bond donors (Lipinski definition) is 0. The lowest BCUT2D eigenvalue weighted by molar-refractivity contribution is -0.385. The number of hydrogen-bond acceptors (Lipinski definition) is 6. The molecule has 1 aliphatic heterocycles. The lowest BCUT2D eigenvalue weighted by Crippen LogP contribution is -2.37. The summed E-state index contributed by atoms with van der Waals surface area (Å²) in [4.78, 5) is 37.2. The highest BCUT2D eigenvalue weighted by Gasteiger charge is 2.34. The summed E-state index contributed by atoms with van der Waals surface area (Å²) in [5.74, 6) is 0.542. The first kappa shape index (κ1) is 20.0. The van der Waals surface area contributed by atoms with Gasteiger partial charge in [-0.3, -0.25) is 24.0 Å². The summed E-state index contributed by atoms with van der Waals surface area (Å²) < 4.78 is 16.0. The standard InChI is InChI=1S/C22H20N4O6/c1-12-6-7-13(11-14(12)26(29)30)17-16-18(23(2)22(28)24(3)21(16)27)19-20(15-5-4-9-31-15)32-10-8-25(17)19/h4-7,9,11,20H,8,10H2,1-3H3/t20-/m0/s1. The average Bonchev–Trinajstić information content (AvgIpc) is 3.43. The summed E-state index contributed by atoms with van der Waals surface area (Å²) in [6, 6.07) is 8.40. The minimum atomic E-state index is -0.631. The highest BCUT2D eigenvalue weighted by atomic mass is 16.6. The van der Waals surface area contributed by atoms with E-state index in [1.807, 2.05) is 4.57 Å². The molecule has 0 N–H and O–H groups in total. The molecule has 0 amide bonds. The van der Waals surface area contributed by atoms with E-state index in [9.17, 15) is 19.7 Å². The number of benzene rings is 1. The Bertz CT molecular complexity index is 1510. The lowest BCUT2D eigenvalue weighted by atomic mass is 10.1. The zero-order valence-electron chi connectivity index (χ0n) is 17.7. The van der Waals surface area contributed by atoms with Gasteiger partial charge in [0.05, 0.1) is 40.1 Å². The van der Waals surface area contributed by atoms with Crippen LogP contribution < -0.4 is 11.2 Å². The zero-order valence-corrected chi connectivity index (χ0v) is 17.7. The number of aryl methyl sites for hydroxylation is 2. The first-order valence-electron chi connectivity index (χ1n) is 10.0. The SMILES string of the molecule is Cc1ccc(-c2c3c(=O)n(C)c(=O)n(C)c3c3n2CCO[C@H]3c2ccco2)cc1[N+](=O)[O-]. The summed E-state index contributed by atoms with van der Waals surface area (Å²) in [5, 5.41) is 11.9. The van der Waals surface area contributed by atoms with Crippen LogP contribution in [-0.4, -0.2) is 25.2 Å². The van der Waals surface area contributed by atoms with Crippen LogP contribution in [0, 0.1) is 17.0 Å². The first-order chi connectivity index (χ1) is 15.3. The Balaban J connectivity index is 1.96. The Morgan fingerprint density at radius 3 is 2.62 bits per heavy atom. The monoisotopic (exact) mass is 436 g/mol. The van der Waals surface area contributed by atoms with Gasteiger partial charge in [-0.1, -0.05) is 12.1 Å². The lowest BCUT2D eigenvalue weighted by Gasteiger charge is -2.26. The second-order valence-corrected chi connectivity index (χ2v) is 7.84. The van der Waals surface area contributed by atoms with Crippen molar-refractivity contribution < 1.29 is 14.1 Å². The fraction of sp³-hybridized carbons (Fsp3) is 0.273. The molecule has 0 fully saturated rings. The summed E-state index contributed by atoms with van der Waals surface area (Å²) >= 11 is 0. The number of fused-ring (bicyclic) bond motifs is 3.